The predicted octanol–water partition coefficient (Wildman–Crippen LogP) is 2.89. The van der Waals surface area contributed by atoms with Crippen LogP contribution in [0.4, 0.5) is 11.6 Å². The molecule has 1 heterocycles. The van der Waals surface area contributed by atoms with E-state index in [-0.39, 0.29) is 11.3 Å². The van der Waals surface area contributed by atoms with Crippen LogP contribution in [0.2, 0.25) is 5.28 Å². The second kappa shape index (κ2) is 5.18. The number of rotatable bonds is 3. The molecule has 0 fully saturated rings. The number of methoxy groups -OCH3 is 1. The maximum absolute atomic E-state index is 5.78. The fraction of sp³-hybridized carbons (Fsp3) is 0.250. The predicted molar refractivity (Wildman–Crippen MR) is 70.6 cm³/mol. The smallest absolute Gasteiger partial charge is 0.322 e. The van der Waals surface area contributed by atoms with E-state index in [9.17, 15) is 0 Å². The van der Waals surface area contributed by atoms with Crippen molar-refractivity contribution in [3.63, 3.8) is 0 Å². The molecule has 0 aliphatic rings. The number of hydrogen-bond acceptors (Lipinski definition) is 5. The summed E-state index contributed by atoms with van der Waals surface area (Å²) >= 11 is 5.78. The molecule has 0 saturated carbocycles. The third-order valence-corrected chi connectivity index (χ3v) is 2.79. The summed E-state index contributed by atoms with van der Waals surface area (Å²) in [5.41, 5.74) is 3.25. The zero-order valence-electron chi connectivity index (χ0n) is 10.4. The number of hydrogen-bond donors (Lipinski definition) is 1. The summed E-state index contributed by atoms with van der Waals surface area (Å²) in [6.07, 6.45) is 0. The van der Waals surface area contributed by atoms with Crippen molar-refractivity contribution in [3.8, 4) is 6.01 Å². The Balaban J connectivity index is 2.34. The van der Waals surface area contributed by atoms with Crippen LogP contribution in [-0.2, 0) is 0 Å². The summed E-state index contributed by atoms with van der Waals surface area (Å²) in [6, 6.07) is 6.14. The molecule has 1 N–H and O–H groups in total. The number of aryl methyl sites for hydroxylation is 1. The molecule has 0 bridgehead atoms. The molecule has 0 saturated heterocycles. The lowest BCUT2D eigenvalue weighted by atomic mass is 10.1. The van der Waals surface area contributed by atoms with Gasteiger partial charge in [0, 0.05) is 5.69 Å². The molecule has 94 valence electrons. The molecular weight excluding hydrogens is 252 g/mol. The van der Waals surface area contributed by atoms with Gasteiger partial charge in [-0.1, -0.05) is 12.1 Å². The van der Waals surface area contributed by atoms with Crippen molar-refractivity contribution in [3.05, 3.63) is 34.6 Å². The monoisotopic (exact) mass is 264 g/mol. The Bertz CT molecular complexity index is 574. The SMILES string of the molecule is COc1nc(Cl)nc(Nc2cccc(C)c2C)n1. The quantitative estimate of drug-likeness (QED) is 0.924. The summed E-state index contributed by atoms with van der Waals surface area (Å²) < 4.78 is 4.94. The zero-order chi connectivity index (χ0) is 13.1. The molecule has 0 spiro atoms. The van der Waals surface area contributed by atoms with Gasteiger partial charge in [0.25, 0.3) is 0 Å². The lowest BCUT2D eigenvalue weighted by Gasteiger charge is -2.10. The normalized spacial score (nSPS) is 10.2. The molecule has 1 aromatic carbocycles. The molecule has 0 unspecified atom stereocenters. The topological polar surface area (TPSA) is 59.9 Å². The number of halogens is 1. The van der Waals surface area contributed by atoms with Gasteiger partial charge in [-0.05, 0) is 42.6 Å². The van der Waals surface area contributed by atoms with Crippen LogP contribution < -0.4 is 10.1 Å². The molecule has 18 heavy (non-hydrogen) atoms. The molecular formula is C12H13ClN4O. The number of anilines is 2. The number of nitrogens with zero attached hydrogens (tertiary/aromatic N) is 3. The summed E-state index contributed by atoms with van der Waals surface area (Å²) in [7, 11) is 1.48. The van der Waals surface area contributed by atoms with Crippen molar-refractivity contribution in [1.29, 1.82) is 0 Å². The second-order valence-electron chi connectivity index (χ2n) is 3.79. The van der Waals surface area contributed by atoms with E-state index < -0.39 is 0 Å². The fourth-order valence-electron chi connectivity index (χ4n) is 1.49. The fourth-order valence-corrected chi connectivity index (χ4v) is 1.64. The van der Waals surface area contributed by atoms with Crippen molar-refractivity contribution >= 4 is 23.2 Å². The van der Waals surface area contributed by atoms with Crippen molar-refractivity contribution in [2.24, 2.45) is 0 Å². The van der Waals surface area contributed by atoms with Gasteiger partial charge < -0.3 is 10.1 Å². The van der Waals surface area contributed by atoms with Crippen molar-refractivity contribution in [2.75, 3.05) is 12.4 Å². The van der Waals surface area contributed by atoms with Gasteiger partial charge in [-0.25, -0.2) is 0 Å². The third kappa shape index (κ3) is 2.68. The van der Waals surface area contributed by atoms with Crippen LogP contribution in [0.15, 0.2) is 18.2 Å². The largest absolute Gasteiger partial charge is 0.467 e. The maximum Gasteiger partial charge on any atom is 0.322 e. The second-order valence-corrected chi connectivity index (χ2v) is 4.13. The first-order valence-corrected chi connectivity index (χ1v) is 5.76. The molecule has 2 aromatic rings. The Kier molecular flexibility index (Phi) is 3.62. The minimum atomic E-state index is 0.0923. The van der Waals surface area contributed by atoms with Gasteiger partial charge in [-0.2, -0.15) is 15.0 Å². The van der Waals surface area contributed by atoms with E-state index >= 15 is 0 Å². The Morgan fingerprint density at radius 1 is 1.17 bits per heavy atom. The Morgan fingerprint density at radius 2 is 1.94 bits per heavy atom. The molecule has 0 radical (unpaired) electrons. The van der Waals surface area contributed by atoms with Gasteiger partial charge in [0.1, 0.15) is 0 Å². The lowest BCUT2D eigenvalue weighted by Crippen LogP contribution is -2.03. The van der Waals surface area contributed by atoms with Gasteiger partial charge in [-0.3, -0.25) is 0 Å². The maximum atomic E-state index is 5.78. The lowest BCUT2D eigenvalue weighted by molar-refractivity contribution is 0.379. The van der Waals surface area contributed by atoms with Crippen LogP contribution in [0.5, 0.6) is 6.01 Å². The molecule has 6 heteroatoms. The van der Waals surface area contributed by atoms with Crippen molar-refractivity contribution in [2.45, 2.75) is 13.8 Å². The molecule has 1 aromatic heterocycles. The van der Waals surface area contributed by atoms with Gasteiger partial charge in [0.05, 0.1) is 7.11 Å². The highest BCUT2D eigenvalue weighted by Gasteiger charge is 2.07. The van der Waals surface area contributed by atoms with Gasteiger partial charge in [-0.15, -0.1) is 0 Å². The standard InChI is InChI=1S/C12H13ClN4O/c1-7-5-4-6-9(8(7)2)14-11-15-10(13)16-12(17-11)18-3/h4-6H,1-3H3,(H,14,15,16,17). The van der Waals surface area contributed by atoms with Crippen LogP contribution in [0, 0.1) is 13.8 Å². The summed E-state index contributed by atoms with van der Waals surface area (Å²) in [5, 5.41) is 3.19. The van der Waals surface area contributed by atoms with Gasteiger partial charge in [0.2, 0.25) is 11.2 Å². The highest BCUT2D eigenvalue weighted by molar-refractivity contribution is 6.28. The van der Waals surface area contributed by atoms with Crippen LogP contribution in [-0.4, -0.2) is 22.1 Å². The molecule has 0 amide bonds. The Morgan fingerprint density at radius 3 is 2.67 bits per heavy atom. The van der Waals surface area contributed by atoms with Crippen LogP contribution in [0.3, 0.4) is 0 Å². The summed E-state index contributed by atoms with van der Waals surface area (Å²) in [5.74, 6) is 0.362. The van der Waals surface area contributed by atoms with Gasteiger partial charge >= 0.3 is 6.01 Å². The first-order chi connectivity index (χ1) is 8.60. The highest BCUT2D eigenvalue weighted by atomic mass is 35.5. The number of nitrogens with one attached hydrogen (secondary N) is 1. The first-order valence-electron chi connectivity index (χ1n) is 5.39. The Labute approximate surface area is 110 Å². The van der Waals surface area contributed by atoms with E-state index in [1.807, 2.05) is 32.0 Å². The average molecular weight is 265 g/mol. The molecule has 2 rings (SSSR count). The molecule has 5 nitrogen and oxygen atoms in total. The molecule has 0 aliphatic heterocycles. The third-order valence-electron chi connectivity index (χ3n) is 2.62. The number of ether oxygens (including phenoxy) is 1. The molecule has 0 atom stereocenters. The molecule has 0 aliphatic carbocycles. The van der Waals surface area contributed by atoms with E-state index in [4.69, 9.17) is 16.3 Å². The number of benzene rings is 1. The van der Waals surface area contributed by atoms with Crippen LogP contribution in [0.25, 0.3) is 0 Å². The van der Waals surface area contributed by atoms with E-state index in [0.29, 0.717) is 5.95 Å². The Hall–Kier alpha value is -1.88. The summed E-state index contributed by atoms with van der Waals surface area (Å²) in [6.45, 7) is 4.07. The van der Waals surface area contributed by atoms with E-state index in [0.717, 1.165) is 11.3 Å². The van der Waals surface area contributed by atoms with Crippen molar-refractivity contribution < 1.29 is 4.74 Å². The van der Waals surface area contributed by atoms with Crippen LogP contribution in [0.1, 0.15) is 11.1 Å². The minimum Gasteiger partial charge on any atom is -0.467 e. The van der Waals surface area contributed by atoms with E-state index in [1.165, 1.54) is 12.7 Å². The van der Waals surface area contributed by atoms with Crippen molar-refractivity contribution in [1.82, 2.24) is 15.0 Å². The minimum absolute atomic E-state index is 0.0923. The van der Waals surface area contributed by atoms with E-state index in [2.05, 4.69) is 20.3 Å². The first kappa shape index (κ1) is 12.6. The summed E-state index contributed by atoms with van der Waals surface area (Å²) in [4.78, 5) is 11.9. The van der Waals surface area contributed by atoms with E-state index in [1.54, 1.807) is 0 Å². The number of aromatic nitrogens is 3. The van der Waals surface area contributed by atoms with Crippen LogP contribution >= 0.6 is 11.6 Å². The zero-order valence-corrected chi connectivity index (χ0v) is 11.1. The highest BCUT2D eigenvalue weighted by Crippen LogP contribution is 2.22. The average Bonchev–Trinajstić information content (AvgIpc) is 2.34. The van der Waals surface area contributed by atoms with Gasteiger partial charge in [0.15, 0.2) is 0 Å².